The van der Waals surface area contributed by atoms with Gasteiger partial charge in [-0.1, -0.05) is 6.07 Å². The molecule has 1 amide bonds. The van der Waals surface area contributed by atoms with Crippen molar-refractivity contribution in [1.82, 2.24) is 14.9 Å². The van der Waals surface area contributed by atoms with Gasteiger partial charge in [-0.15, -0.1) is 0 Å². The maximum Gasteiger partial charge on any atom is 0.227 e. The molecule has 0 N–H and O–H groups in total. The minimum absolute atomic E-state index is 0.0497. The highest BCUT2D eigenvalue weighted by Gasteiger charge is 2.21. The third-order valence-electron chi connectivity index (χ3n) is 4.99. The number of fused-ring (bicyclic) bond motifs is 1. The molecule has 0 radical (unpaired) electrons. The van der Waals surface area contributed by atoms with Crippen molar-refractivity contribution in [3.05, 3.63) is 71.3 Å². The first-order chi connectivity index (χ1) is 13.5. The van der Waals surface area contributed by atoms with Gasteiger partial charge in [-0.25, -0.2) is 9.97 Å². The van der Waals surface area contributed by atoms with Crippen LogP contribution < -0.4 is 0 Å². The van der Waals surface area contributed by atoms with E-state index in [4.69, 9.17) is 13.3 Å². The zero-order chi connectivity index (χ0) is 19.7. The molecule has 3 heterocycles. The Hall–Kier alpha value is -3.35. The largest absolute Gasteiger partial charge is 0.464 e. The van der Waals surface area contributed by atoms with Crippen LogP contribution in [0, 0.1) is 20.8 Å². The molecule has 0 aliphatic carbocycles. The number of hydrogen-bond acceptors (Lipinski definition) is 6. The van der Waals surface area contributed by atoms with Gasteiger partial charge in [0.25, 0.3) is 0 Å². The number of hydrogen-bond donors (Lipinski definition) is 0. The molecule has 7 heteroatoms. The lowest BCUT2D eigenvalue weighted by Crippen LogP contribution is -2.31. The predicted molar refractivity (Wildman–Crippen MR) is 101 cm³/mol. The monoisotopic (exact) mass is 379 g/mol. The molecule has 0 atom stereocenters. The summed E-state index contributed by atoms with van der Waals surface area (Å²) < 4.78 is 15.9. The van der Waals surface area contributed by atoms with Gasteiger partial charge in [0.2, 0.25) is 5.91 Å². The summed E-state index contributed by atoms with van der Waals surface area (Å²) in [6, 6.07) is 2.13. The van der Waals surface area contributed by atoms with Gasteiger partial charge in [0.05, 0.1) is 37.2 Å². The lowest BCUT2D eigenvalue weighted by Gasteiger charge is -2.20. The number of rotatable bonds is 6. The van der Waals surface area contributed by atoms with Gasteiger partial charge in [0, 0.05) is 10.9 Å². The maximum atomic E-state index is 13.1. The zero-order valence-corrected chi connectivity index (χ0v) is 16.1. The van der Waals surface area contributed by atoms with Crippen molar-refractivity contribution < 1.29 is 18.0 Å². The minimum Gasteiger partial charge on any atom is -0.464 e. The Bertz CT molecular complexity index is 1060. The van der Waals surface area contributed by atoms with Crippen LogP contribution in [0.25, 0.3) is 11.0 Å². The molecule has 0 saturated heterocycles. The maximum absolute atomic E-state index is 13.1. The summed E-state index contributed by atoms with van der Waals surface area (Å²) in [4.78, 5) is 23.1. The van der Waals surface area contributed by atoms with Crippen LogP contribution in [0.15, 0.2) is 50.9 Å². The van der Waals surface area contributed by atoms with E-state index in [0.29, 0.717) is 24.5 Å². The van der Waals surface area contributed by atoms with Crippen LogP contribution in [-0.2, 0) is 24.3 Å². The summed E-state index contributed by atoms with van der Waals surface area (Å²) in [5, 5.41) is 1.01. The first kappa shape index (κ1) is 18.0. The second-order valence-corrected chi connectivity index (χ2v) is 6.99. The van der Waals surface area contributed by atoms with E-state index >= 15 is 0 Å². The van der Waals surface area contributed by atoms with Crippen LogP contribution in [0.2, 0.25) is 0 Å². The van der Waals surface area contributed by atoms with E-state index in [1.54, 1.807) is 11.2 Å². The Kier molecular flexibility index (Phi) is 4.73. The van der Waals surface area contributed by atoms with E-state index < -0.39 is 0 Å². The molecular formula is C21H21N3O4. The minimum atomic E-state index is -0.0497. The Balaban J connectivity index is 1.62. The smallest absolute Gasteiger partial charge is 0.227 e. The second-order valence-electron chi connectivity index (χ2n) is 6.99. The molecule has 0 aliphatic heterocycles. The van der Waals surface area contributed by atoms with Gasteiger partial charge >= 0.3 is 0 Å². The third-order valence-corrected chi connectivity index (χ3v) is 4.99. The number of carbonyl (C=O) groups excluding carboxylic acids is 1. The first-order valence-corrected chi connectivity index (χ1v) is 9.01. The predicted octanol–water partition coefficient (Wildman–Crippen LogP) is 4.11. The van der Waals surface area contributed by atoms with E-state index in [2.05, 4.69) is 23.0 Å². The fraction of sp³-hybridized carbons (Fsp3) is 0.286. The highest BCUT2D eigenvalue weighted by atomic mass is 16.3. The molecule has 0 saturated carbocycles. The van der Waals surface area contributed by atoms with Gasteiger partial charge in [0.15, 0.2) is 12.8 Å². The molecule has 3 aromatic heterocycles. The van der Waals surface area contributed by atoms with Crippen molar-refractivity contribution in [3.8, 4) is 0 Å². The lowest BCUT2D eigenvalue weighted by atomic mass is 9.98. The molecule has 0 spiro atoms. The van der Waals surface area contributed by atoms with Crippen LogP contribution in [0.4, 0.5) is 0 Å². The van der Waals surface area contributed by atoms with Crippen molar-refractivity contribution in [2.75, 3.05) is 0 Å². The van der Waals surface area contributed by atoms with Crippen molar-refractivity contribution >= 4 is 16.9 Å². The number of oxazole rings is 2. The van der Waals surface area contributed by atoms with Gasteiger partial charge in [-0.3, -0.25) is 4.79 Å². The Morgan fingerprint density at radius 1 is 0.964 bits per heavy atom. The standard InChI is InChI=1S/C21H21N3O4/c1-13-4-14(2)20-16(8-28-21(20)15(13)3)5-19(25)24(6-17-9-26-11-22-17)7-18-10-27-12-23-18/h4,8-12H,5-7H2,1-3H3. The topological polar surface area (TPSA) is 85.5 Å². The molecule has 1 aromatic carbocycles. The van der Waals surface area contributed by atoms with Gasteiger partial charge in [0.1, 0.15) is 18.1 Å². The molecule has 144 valence electrons. The molecule has 4 aromatic rings. The quantitative estimate of drug-likeness (QED) is 0.501. The Morgan fingerprint density at radius 3 is 2.18 bits per heavy atom. The van der Waals surface area contributed by atoms with E-state index in [9.17, 15) is 4.79 Å². The molecule has 0 bridgehead atoms. The van der Waals surface area contributed by atoms with Crippen LogP contribution in [0.5, 0.6) is 0 Å². The molecule has 0 fully saturated rings. The number of furan rings is 1. The van der Waals surface area contributed by atoms with Crippen molar-refractivity contribution in [2.45, 2.75) is 40.3 Å². The highest BCUT2D eigenvalue weighted by molar-refractivity contribution is 5.91. The molecule has 4 rings (SSSR count). The summed E-state index contributed by atoms with van der Waals surface area (Å²) in [6.45, 7) is 6.80. The first-order valence-electron chi connectivity index (χ1n) is 9.01. The van der Waals surface area contributed by atoms with Gasteiger partial charge in [-0.05, 0) is 37.5 Å². The molecule has 0 unspecified atom stereocenters. The Morgan fingerprint density at radius 2 is 1.61 bits per heavy atom. The molecule has 0 aliphatic rings. The van der Waals surface area contributed by atoms with Crippen molar-refractivity contribution in [1.29, 1.82) is 0 Å². The Labute approximate surface area is 162 Å². The summed E-state index contributed by atoms with van der Waals surface area (Å²) >= 11 is 0. The third kappa shape index (κ3) is 3.43. The number of amides is 1. The summed E-state index contributed by atoms with van der Waals surface area (Å²) in [7, 11) is 0. The number of benzene rings is 1. The van der Waals surface area contributed by atoms with Crippen LogP contribution >= 0.6 is 0 Å². The SMILES string of the molecule is Cc1cc(C)c2c(CC(=O)N(Cc3cocn3)Cc3cocn3)coc2c1C. The highest BCUT2D eigenvalue weighted by Crippen LogP contribution is 2.30. The fourth-order valence-electron chi connectivity index (χ4n) is 3.45. The number of aromatic nitrogens is 2. The average Bonchev–Trinajstić information content (AvgIpc) is 3.41. The van der Waals surface area contributed by atoms with E-state index in [-0.39, 0.29) is 12.3 Å². The summed E-state index contributed by atoms with van der Waals surface area (Å²) in [5.41, 5.74) is 6.46. The summed E-state index contributed by atoms with van der Waals surface area (Å²) in [5.74, 6) is -0.0497. The van der Waals surface area contributed by atoms with Crippen LogP contribution in [0.1, 0.15) is 33.6 Å². The number of carbonyl (C=O) groups is 1. The van der Waals surface area contributed by atoms with Crippen LogP contribution in [-0.4, -0.2) is 20.8 Å². The summed E-state index contributed by atoms with van der Waals surface area (Å²) in [6.07, 6.45) is 7.69. The molecule has 7 nitrogen and oxygen atoms in total. The van der Waals surface area contributed by atoms with E-state index in [1.165, 1.54) is 30.9 Å². The number of aryl methyl sites for hydroxylation is 3. The fourth-order valence-corrected chi connectivity index (χ4v) is 3.45. The van der Waals surface area contributed by atoms with Crippen molar-refractivity contribution in [3.63, 3.8) is 0 Å². The van der Waals surface area contributed by atoms with E-state index in [1.807, 2.05) is 13.8 Å². The molecule has 28 heavy (non-hydrogen) atoms. The van der Waals surface area contributed by atoms with Crippen molar-refractivity contribution in [2.24, 2.45) is 0 Å². The van der Waals surface area contributed by atoms with Gasteiger partial charge < -0.3 is 18.2 Å². The lowest BCUT2D eigenvalue weighted by molar-refractivity contribution is -0.131. The number of nitrogens with zero attached hydrogens (tertiary/aromatic N) is 3. The average molecular weight is 379 g/mol. The normalized spacial score (nSPS) is 11.2. The van der Waals surface area contributed by atoms with E-state index in [0.717, 1.165) is 27.7 Å². The van der Waals surface area contributed by atoms with Gasteiger partial charge in [-0.2, -0.15) is 0 Å². The zero-order valence-electron chi connectivity index (χ0n) is 16.1. The second kappa shape index (κ2) is 7.34. The van der Waals surface area contributed by atoms with Crippen LogP contribution in [0.3, 0.4) is 0 Å². The molecular weight excluding hydrogens is 358 g/mol.